The predicted molar refractivity (Wildman–Crippen MR) is 65.1 cm³/mol. The first-order valence-corrected chi connectivity index (χ1v) is 5.31. The molecule has 80 valence electrons. The van der Waals surface area contributed by atoms with Gasteiger partial charge in [0.2, 0.25) is 0 Å². The van der Waals surface area contributed by atoms with Crippen LogP contribution in [0.1, 0.15) is 19.4 Å². The highest BCUT2D eigenvalue weighted by atomic mass is 35.5. The maximum atomic E-state index is 6.09. The lowest BCUT2D eigenvalue weighted by Crippen LogP contribution is -2.28. The summed E-state index contributed by atoms with van der Waals surface area (Å²) < 4.78 is 2.02. The Morgan fingerprint density at radius 3 is 2.60 bits per heavy atom. The van der Waals surface area contributed by atoms with Gasteiger partial charge in [-0.15, -0.1) is 0 Å². The third-order valence-electron chi connectivity index (χ3n) is 2.69. The quantitative estimate of drug-likeness (QED) is 0.790. The van der Waals surface area contributed by atoms with Crippen LogP contribution in [0.15, 0.2) is 24.4 Å². The second-order valence-electron chi connectivity index (χ2n) is 4.54. The third kappa shape index (κ3) is 1.75. The van der Waals surface area contributed by atoms with Crippen molar-refractivity contribution in [3.63, 3.8) is 0 Å². The SMILES string of the molecule is Cn1cc(Cl)c2ccc(C(C)(C)N)cc21. The molecule has 3 heteroatoms. The Bertz CT molecular complexity index is 506. The zero-order valence-electron chi connectivity index (χ0n) is 9.21. The summed E-state index contributed by atoms with van der Waals surface area (Å²) >= 11 is 6.09. The van der Waals surface area contributed by atoms with Crippen molar-refractivity contribution in [2.24, 2.45) is 12.8 Å². The van der Waals surface area contributed by atoms with Crippen LogP contribution >= 0.6 is 11.6 Å². The predicted octanol–water partition coefficient (Wildman–Crippen LogP) is 3.03. The van der Waals surface area contributed by atoms with E-state index in [4.69, 9.17) is 17.3 Å². The number of halogens is 1. The van der Waals surface area contributed by atoms with Crippen LogP contribution in [0.3, 0.4) is 0 Å². The summed E-state index contributed by atoms with van der Waals surface area (Å²) in [6.07, 6.45) is 1.92. The first-order valence-electron chi connectivity index (χ1n) is 4.93. The van der Waals surface area contributed by atoms with Crippen molar-refractivity contribution in [3.8, 4) is 0 Å². The Morgan fingerprint density at radius 2 is 2.00 bits per heavy atom. The highest BCUT2D eigenvalue weighted by Gasteiger charge is 2.15. The number of aromatic nitrogens is 1. The van der Waals surface area contributed by atoms with Crippen LogP contribution in [0, 0.1) is 0 Å². The molecule has 0 aliphatic heterocycles. The summed E-state index contributed by atoms with van der Waals surface area (Å²) in [5.74, 6) is 0. The van der Waals surface area contributed by atoms with Gasteiger partial charge in [0.15, 0.2) is 0 Å². The van der Waals surface area contributed by atoms with E-state index in [1.807, 2.05) is 43.8 Å². The Hall–Kier alpha value is -0.990. The molecule has 1 aromatic heterocycles. The van der Waals surface area contributed by atoms with Crippen LogP contribution in [0.5, 0.6) is 0 Å². The maximum absolute atomic E-state index is 6.09. The van der Waals surface area contributed by atoms with Gasteiger partial charge in [-0.05, 0) is 25.5 Å². The van der Waals surface area contributed by atoms with Gasteiger partial charge in [-0.25, -0.2) is 0 Å². The van der Waals surface area contributed by atoms with E-state index in [-0.39, 0.29) is 5.54 Å². The van der Waals surface area contributed by atoms with E-state index in [0.717, 1.165) is 21.5 Å². The van der Waals surface area contributed by atoms with Crippen LogP contribution in [-0.4, -0.2) is 4.57 Å². The molecular weight excluding hydrogens is 208 g/mol. The molecule has 2 N–H and O–H groups in total. The Balaban J connectivity index is 2.71. The van der Waals surface area contributed by atoms with Crippen LogP contribution in [0.2, 0.25) is 5.02 Å². The lowest BCUT2D eigenvalue weighted by molar-refractivity contribution is 0.555. The minimum absolute atomic E-state index is 0.315. The van der Waals surface area contributed by atoms with E-state index in [0.29, 0.717) is 0 Å². The average Bonchev–Trinajstić information content (AvgIpc) is 2.41. The second kappa shape index (κ2) is 3.26. The molecule has 0 saturated heterocycles. The molecule has 0 aliphatic rings. The van der Waals surface area contributed by atoms with E-state index in [2.05, 4.69) is 6.07 Å². The first kappa shape index (κ1) is 10.5. The van der Waals surface area contributed by atoms with Crippen LogP contribution in [0.4, 0.5) is 0 Å². The number of nitrogens with zero attached hydrogens (tertiary/aromatic N) is 1. The molecule has 2 nitrogen and oxygen atoms in total. The number of fused-ring (bicyclic) bond motifs is 1. The highest BCUT2D eigenvalue weighted by Crippen LogP contribution is 2.28. The van der Waals surface area contributed by atoms with Gasteiger partial charge >= 0.3 is 0 Å². The minimum atomic E-state index is -0.315. The first-order chi connectivity index (χ1) is 6.89. The highest BCUT2D eigenvalue weighted by molar-refractivity contribution is 6.35. The summed E-state index contributed by atoms with van der Waals surface area (Å²) in [7, 11) is 1.99. The van der Waals surface area contributed by atoms with E-state index in [1.54, 1.807) is 0 Å². The van der Waals surface area contributed by atoms with Crippen molar-refractivity contribution in [1.29, 1.82) is 0 Å². The van der Waals surface area contributed by atoms with E-state index < -0.39 is 0 Å². The van der Waals surface area contributed by atoms with Crippen LogP contribution in [-0.2, 0) is 12.6 Å². The topological polar surface area (TPSA) is 30.9 Å². The van der Waals surface area contributed by atoms with Gasteiger partial charge < -0.3 is 10.3 Å². The van der Waals surface area contributed by atoms with Gasteiger partial charge in [-0.2, -0.15) is 0 Å². The van der Waals surface area contributed by atoms with Crippen molar-refractivity contribution in [2.75, 3.05) is 0 Å². The fraction of sp³-hybridized carbons (Fsp3) is 0.333. The summed E-state index contributed by atoms with van der Waals surface area (Å²) in [5.41, 5.74) is 7.99. The van der Waals surface area contributed by atoms with Gasteiger partial charge in [0.1, 0.15) is 0 Å². The van der Waals surface area contributed by atoms with Gasteiger partial charge in [0.25, 0.3) is 0 Å². The van der Waals surface area contributed by atoms with Crippen LogP contribution in [0.25, 0.3) is 10.9 Å². The molecule has 0 fully saturated rings. The maximum Gasteiger partial charge on any atom is 0.0661 e. The molecule has 0 amide bonds. The fourth-order valence-electron chi connectivity index (χ4n) is 1.74. The van der Waals surface area contributed by atoms with Gasteiger partial charge in [-0.1, -0.05) is 23.7 Å². The number of benzene rings is 1. The van der Waals surface area contributed by atoms with Crippen molar-refractivity contribution < 1.29 is 0 Å². The molecule has 0 bridgehead atoms. The van der Waals surface area contributed by atoms with Gasteiger partial charge in [-0.3, -0.25) is 0 Å². The second-order valence-corrected chi connectivity index (χ2v) is 4.95. The van der Waals surface area contributed by atoms with Crippen molar-refractivity contribution in [1.82, 2.24) is 4.57 Å². The zero-order chi connectivity index (χ0) is 11.2. The lowest BCUT2D eigenvalue weighted by Gasteiger charge is -2.19. The van der Waals surface area contributed by atoms with Gasteiger partial charge in [0.05, 0.1) is 5.02 Å². The van der Waals surface area contributed by atoms with Crippen molar-refractivity contribution >= 4 is 22.5 Å². The summed E-state index contributed by atoms with van der Waals surface area (Å²) in [6, 6.07) is 6.16. The average molecular weight is 223 g/mol. The molecule has 0 radical (unpaired) electrons. The molecule has 1 heterocycles. The molecule has 2 rings (SSSR count). The Morgan fingerprint density at radius 1 is 1.33 bits per heavy atom. The lowest BCUT2D eigenvalue weighted by atomic mass is 9.95. The van der Waals surface area contributed by atoms with E-state index in [1.165, 1.54) is 0 Å². The molecule has 0 unspecified atom stereocenters. The summed E-state index contributed by atoms with van der Waals surface area (Å²) in [6.45, 7) is 4.00. The summed E-state index contributed by atoms with van der Waals surface area (Å²) in [5, 5.41) is 1.86. The molecular formula is C12H15ClN2. The molecule has 0 atom stereocenters. The largest absolute Gasteiger partial charge is 0.349 e. The number of hydrogen-bond acceptors (Lipinski definition) is 1. The third-order valence-corrected chi connectivity index (χ3v) is 2.99. The molecule has 0 aliphatic carbocycles. The monoisotopic (exact) mass is 222 g/mol. The van der Waals surface area contributed by atoms with E-state index in [9.17, 15) is 0 Å². The van der Waals surface area contributed by atoms with Crippen molar-refractivity contribution in [2.45, 2.75) is 19.4 Å². The number of aryl methyl sites for hydroxylation is 1. The number of nitrogens with two attached hydrogens (primary N) is 1. The molecule has 2 aromatic rings. The summed E-state index contributed by atoms with van der Waals surface area (Å²) in [4.78, 5) is 0. The van der Waals surface area contributed by atoms with Gasteiger partial charge in [0, 0.05) is 29.7 Å². The van der Waals surface area contributed by atoms with E-state index >= 15 is 0 Å². The molecule has 0 spiro atoms. The number of hydrogen-bond donors (Lipinski definition) is 1. The number of rotatable bonds is 1. The Kier molecular flexibility index (Phi) is 2.28. The zero-order valence-corrected chi connectivity index (χ0v) is 9.97. The fourth-order valence-corrected chi connectivity index (χ4v) is 2.04. The smallest absolute Gasteiger partial charge is 0.0661 e. The standard InChI is InChI=1S/C12H15ClN2/c1-12(2,14)8-4-5-9-10(13)7-15(3)11(9)6-8/h4-7H,14H2,1-3H3. The molecule has 1 aromatic carbocycles. The Labute approximate surface area is 94.6 Å². The molecule has 0 saturated carbocycles. The molecule has 15 heavy (non-hydrogen) atoms. The minimum Gasteiger partial charge on any atom is -0.349 e. The normalized spacial score (nSPS) is 12.3. The van der Waals surface area contributed by atoms with Crippen LogP contribution < -0.4 is 5.73 Å². The van der Waals surface area contributed by atoms with Crippen molar-refractivity contribution in [3.05, 3.63) is 35.0 Å².